The van der Waals surface area contributed by atoms with Crippen LogP contribution >= 0.6 is 0 Å². The van der Waals surface area contributed by atoms with Crippen molar-refractivity contribution in [2.24, 2.45) is 5.92 Å². The van der Waals surface area contributed by atoms with Gasteiger partial charge in [-0.3, -0.25) is 9.35 Å². The summed E-state index contributed by atoms with van der Waals surface area (Å²) in [7, 11) is -4.00. The van der Waals surface area contributed by atoms with E-state index >= 15 is 0 Å². The van der Waals surface area contributed by atoms with Gasteiger partial charge in [0.1, 0.15) is 0 Å². The SMILES string of the molecule is C[C@@H](COC(C)(C)C)C(=O)NC1CCC(S(=O)(=O)O)C1. The molecule has 1 rings (SSSR count). The molecule has 2 unspecified atom stereocenters. The van der Waals surface area contributed by atoms with Crippen molar-refractivity contribution < 1.29 is 22.5 Å². The van der Waals surface area contributed by atoms with Gasteiger partial charge in [0.25, 0.3) is 10.1 Å². The first kappa shape index (κ1) is 17.4. The Bertz CT molecular complexity index is 440. The van der Waals surface area contributed by atoms with Crippen LogP contribution in [0.3, 0.4) is 0 Å². The maximum Gasteiger partial charge on any atom is 0.267 e. The number of hydrogen-bond donors (Lipinski definition) is 2. The van der Waals surface area contributed by atoms with E-state index < -0.39 is 15.4 Å². The second kappa shape index (κ2) is 6.41. The smallest absolute Gasteiger partial charge is 0.267 e. The molecule has 1 amide bonds. The lowest BCUT2D eigenvalue weighted by Gasteiger charge is -2.23. The van der Waals surface area contributed by atoms with Crippen LogP contribution in [0.4, 0.5) is 0 Å². The lowest BCUT2D eigenvalue weighted by atomic mass is 10.1. The van der Waals surface area contributed by atoms with Gasteiger partial charge in [0.2, 0.25) is 5.91 Å². The molecule has 0 heterocycles. The van der Waals surface area contributed by atoms with Crippen LogP contribution in [0.25, 0.3) is 0 Å². The number of nitrogens with one attached hydrogen (secondary N) is 1. The molecule has 7 heteroatoms. The third kappa shape index (κ3) is 5.76. The first-order chi connectivity index (χ1) is 8.99. The Labute approximate surface area is 121 Å². The fraction of sp³-hybridized carbons (Fsp3) is 0.923. The summed E-state index contributed by atoms with van der Waals surface area (Å²) in [6.45, 7) is 7.86. The zero-order valence-corrected chi connectivity index (χ0v) is 13.4. The number of ether oxygens (including phenoxy) is 1. The van der Waals surface area contributed by atoms with Crippen LogP contribution in [0, 0.1) is 5.92 Å². The van der Waals surface area contributed by atoms with Crippen LogP contribution in [-0.2, 0) is 19.6 Å². The van der Waals surface area contributed by atoms with Crippen molar-refractivity contribution >= 4 is 16.0 Å². The van der Waals surface area contributed by atoms with E-state index in [2.05, 4.69) is 5.32 Å². The van der Waals surface area contributed by atoms with Gasteiger partial charge in [0, 0.05) is 6.04 Å². The zero-order valence-electron chi connectivity index (χ0n) is 12.5. The molecule has 1 aliphatic carbocycles. The van der Waals surface area contributed by atoms with E-state index in [4.69, 9.17) is 9.29 Å². The van der Waals surface area contributed by atoms with Gasteiger partial charge in [0.15, 0.2) is 0 Å². The second-order valence-electron chi connectivity index (χ2n) is 6.48. The van der Waals surface area contributed by atoms with Crippen LogP contribution in [0.5, 0.6) is 0 Å². The Morgan fingerprint density at radius 1 is 1.40 bits per heavy atom. The standard InChI is InChI=1S/C13H25NO5S/c1-9(8-19-13(2,3)4)12(15)14-10-5-6-11(7-10)20(16,17)18/h9-11H,5-8H2,1-4H3,(H,14,15)(H,16,17,18)/t9-,10?,11?/m0/s1. The van der Waals surface area contributed by atoms with Crippen LogP contribution in [0.2, 0.25) is 0 Å². The molecule has 1 saturated carbocycles. The average molecular weight is 307 g/mol. The van der Waals surface area contributed by atoms with Gasteiger partial charge in [-0.2, -0.15) is 8.42 Å². The summed E-state index contributed by atoms with van der Waals surface area (Å²) < 4.78 is 36.6. The molecule has 0 aromatic heterocycles. The van der Waals surface area contributed by atoms with E-state index in [1.165, 1.54) is 0 Å². The molecule has 0 radical (unpaired) electrons. The highest BCUT2D eigenvalue weighted by Gasteiger charge is 2.34. The highest BCUT2D eigenvalue weighted by atomic mass is 32.2. The fourth-order valence-electron chi connectivity index (χ4n) is 2.14. The van der Waals surface area contributed by atoms with E-state index in [0.29, 0.717) is 19.4 Å². The number of hydrogen-bond acceptors (Lipinski definition) is 4. The van der Waals surface area contributed by atoms with Crippen molar-refractivity contribution in [1.29, 1.82) is 0 Å². The third-order valence-corrected chi connectivity index (χ3v) is 4.64. The molecule has 0 saturated heterocycles. The molecule has 6 nitrogen and oxygen atoms in total. The number of carbonyl (C=O) groups is 1. The van der Waals surface area contributed by atoms with Crippen molar-refractivity contribution in [3.05, 3.63) is 0 Å². The summed E-state index contributed by atoms with van der Waals surface area (Å²) >= 11 is 0. The Kier molecular flexibility index (Phi) is 5.57. The molecular formula is C13H25NO5S. The maximum atomic E-state index is 12.0. The molecular weight excluding hydrogens is 282 g/mol. The number of rotatable bonds is 5. The van der Waals surface area contributed by atoms with E-state index in [1.54, 1.807) is 6.92 Å². The molecule has 20 heavy (non-hydrogen) atoms. The van der Waals surface area contributed by atoms with Gasteiger partial charge < -0.3 is 10.1 Å². The van der Waals surface area contributed by atoms with E-state index in [-0.39, 0.29) is 29.9 Å². The predicted molar refractivity (Wildman–Crippen MR) is 76.0 cm³/mol. The summed E-state index contributed by atoms with van der Waals surface area (Å²) in [5.74, 6) is -0.436. The van der Waals surface area contributed by atoms with E-state index in [0.717, 1.165) is 0 Å². The molecule has 0 bridgehead atoms. The van der Waals surface area contributed by atoms with Crippen LogP contribution in [-0.4, -0.2) is 42.4 Å². The minimum Gasteiger partial charge on any atom is -0.375 e. The van der Waals surface area contributed by atoms with Gasteiger partial charge in [-0.1, -0.05) is 6.92 Å². The maximum absolute atomic E-state index is 12.0. The van der Waals surface area contributed by atoms with Crippen LogP contribution in [0.15, 0.2) is 0 Å². The van der Waals surface area contributed by atoms with Crippen molar-refractivity contribution in [3.63, 3.8) is 0 Å². The van der Waals surface area contributed by atoms with E-state index in [9.17, 15) is 13.2 Å². The normalized spacial score (nSPS) is 25.4. The monoisotopic (exact) mass is 307 g/mol. The number of carbonyl (C=O) groups excluding carboxylic acids is 1. The van der Waals surface area contributed by atoms with Crippen molar-refractivity contribution in [3.8, 4) is 0 Å². The Balaban J connectivity index is 2.40. The van der Waals surface area contributed by atoms with Crippen molar-refractivity contribution in [2.75, 3.05) is 6.61 Å². The summed E-state index contributed by atoms with van der Waals surface area (Å²) in [5, 5.41) is 2.07. The van der Waals surface area contributed by atoms with Gasteiger partial charge in [-0.15, -0.1) is 0 Å². The summed E-state index contributed by atoms with van der Waals surface area (Å²) in [5.41, 5.74) is -0.294. The molecule has 2 N–H and O–H groups in total. The molecule has 0 aromatic rings. The number of amides is 1. The molecule has 118 valence electrons. The van der Waals surface area contributed by atoms with Crippen molar-refractivity contribution in [1.82, 2.24) is 5.32 Å². The van der Waals surface area contributed by atoms with Gasteiger partial charge >= 0.3 is 0 Å². The Hall–Kier alpha value is -0.660. The quantitative estimate of drug-likeness (QED) is 0.748. The lowest BCUT2D eigenvalue weighted by molar-refractivity contribution is -0.129. The highest BCUT2D eigenvalue weighted by molar-refractivity contribution is 7.86. The van der Waals surface area contributed by atoms with Gasteiger partial charge in [-0.25, -0.2) is 0 Å². The lowest BCUT2D eigenvalue weighted by Crippen LogP contribution is -2.39. The Morgan fingerprint density at radius 2 is 2.00 bits per heavy atom. The first-order valence-corrected chi connectivity index (χ1v) is 8.40. The zero-order chi connectivity index (χ0) is 15.6. The topological polar surface area (TPSA) is 92.7 Å². The summed E-state index contributed by atoms with van der Waals surface area (Å²) in [6, 6.07) is -0.188. The van der Waals surface area contributed by atoms with Crippen LogP contribution in [0.1, 0.15) is 47.0 Å². The second-order valence-corrected chi connectivity index (χ2v) is 8.18. The average Bonchev–Trinajstić information content (AvgIpc) is 2.72. The predicted octanol–water partition coefficient (Wildman–Crippen LogP) is 1.36. The van der Waals surface area contributed by atoms with E-state index in [1.807, 2.05) is 20.8 Å². The van der Waals surface area contributed by atoms with Gasteiger partial charge in [0.05, 0.1) is 23.4 Å². The molecule has 0 aromatic carbocycles. The molecule has 3 atom stereocenters. The summed E-state index contributed by atoms with van der Waals surface area (Å²) in [4.78, 5) is 12.0. The largest absolute Gasteiger partial charge is 0.375 e. The first-order valence-electron chi connectivity index (χ1n) is 6.89. The van der Waals surface area contributed by atoms with Gasteiger partial charge in [-0.05, 0) is 40.0 Å². The third-order valence-electron chi connectivity index (χ3n) is 3.37. The van der Waals surface area contributed by atoms with Crippen molar-refractivity contribution in [2.45, 2.75) is 63.9 Å². The highest BCUT2D eigenvalue weighted by Crippen LogP contribution is 2.25. The van der Waals surface area contributed by atoms with Crippen LogP contribution < -0.4 is 5.32 Å². The summed E-state index contributed by atoms with van der Waals surface area (Å²) in [6.07, 6.45) is 1.23. The molecule has 1 fully saturated rings. The molecule has 1 aliphatic rings. The molecule has 0 spiro atoms. The minimum atomic E-state index is -4.00. The molecule has 0 aliphatic heterocycles. The fourth-order valence-corrected chi connectivity index (χ4v) is 3.05. The Morgan fingerprint density at radius 3 is 2.45 bits per heavy atom. The minimum absolute atomic E-state index is 0.143.